The van der Waals surface area contributed by atoms with Crippen LogP contribution in [0.5, 0.6) is 5.75 Å². The van der Waals surface area contributed by atoms with E-state index in [-0.39, 0.29) is 6.61 Å². The Morgan fingerprint density at radius 3 is 2.56 bits per heavy atom. The quantitative estimate of drug-likeness (QED) is 0.845. The highest BCUT2D eigenvalue weighted by molar-refractivity contribution is 5.27. The molecule has 4 nitrogen and oxygen atoms in total. The van der Waals surface area contributed by atoms with E-state index in [4.69, 9.17) is 9.84 Å². The lowest BCUT2D eigenvalue weighted by Crippen LogP contribution is -1.94. The number of benzene rings is 1. The Hall–Kier alpha value is -1.81. The molecule has 0 aliphatic rings. The molecule has 0 radical (unpaired) electrons. The highest BCUT2D eigenvalue weighted by Crippen LogP contribution is 2.13. The molecule has 1 aromatic heterocycles. The van der Waals surface area contributed by atoms with Crippen molar-refractivity contribution in [3.8, 4) is 5.75 Å². The van der Waals surface area contributed by atoms with Gasteiger partial charge in [-0.05, 0) is 17.7 Å². The van der Waals surface area contributed by atoms with Crippen LogP contribution in [0.2, 0.25) is 0 Å². The van der Waals surface area contributed by atoms with Gasteiger partial charge in [-0.25, -0.2) is 0 Å². The summed E-state index contributed by atoms with van der Waals surface area (Å²) in [5, 5.41) is 12.9. The molecule has 16 heavy (non-hydrogen) atoms. The summed E-state index contributed by atoms with van der Waals surface area (Å²) in [6.45, 7) is 0.565. The average Bonchev–Trinajstić information content (AvgIpc) is 2.73. The largest absolute Gasteiger partial charge is 0.489 e. The molecule has 0 aliphatic heterocycles. The van der Waals surface area contributed by atoms with Crippen molar-refractivity contribution < 1.29 is 9.84 Å². The van der Waals surface area contributed by atoms with Crippen LogP contribution < -0.4 is 4.74 Å². The van der Waals surface area contributed by atoms with Crippen molar-refractivity contribution in [2.24, 2.45) is 7.05 Å². The van der Waals surface area contributed by atoms with E-state index in [0.29, 0.717) is 6.61 Å². The molecule has 1 aromatic carbocycles. The van der Waals surface area contributed by atoms with Crippen molar-refractivity contribution in [1.82, 2.24) is 9.78 Å². The van der Waals surface area contributed by atoms with Crippen LogP contribution in [0.25, 0.3) is 0 Å². The van der Waals surface area contributed by atoms with E-state index in [2.05, 4.69) is 5.10 Å². The zero-order valence-electron chi connectivity index (χ0n) is 9.13. The average molecular weight is 218 g/mol. The predicted molar refractivity (Wildman–Crippen MR) is 59.9 cm³/mol. The van der Waals surface area contributed by atoms with E-state index in [9.17, 15) is 0 Å². The standard InChI is InChI=1S/C12H14N2O2/c1-14-7-11(6-13-14)9-16-12-4-2-10(8-15)3-5-12/h2-7,15H,8-9H2,1H3. The summed E-state index contributed by atoms with van der Waals surface area (Å²) in [5.74, 6) is 0.793. The number of nitrogens with zero attached hydrogens (tertiary/aromatic N) is 2. The highest BCUT2D eigenvalue weighted by atomic mass is 16.5. The molecule has 0 saturated heterocycles. The van der Waals surface area contributed by atoms with Crippen LogP contribution in [0.15, 0.2) is 36.7 Å². The van der Waals surface area contributed by atoms with Gasteiger partial charge in [0.1, 0.15) is 12.4 Å². The molecule has 0 amide bonds. The fraction of sp³-hybridized carbons (Fsp3) is 0.250. The number of aliphatic hydroxyl groups excluding tert-OH is 1. The molecule has 0 saturated carbocycles. The first-order valence-corrected chi connectivity index (χ1v) is 5.08. The number of hydrogen-bond donors (Lipinski definition) is 1. The monoisotopic (exact) mass is 218 g/mol. The fourth-order valence-corrected chi connectivity index (χ4v) is 1.40. The molecule has 0 aliphatic carbocycles. The third kappa shape index (κ3) is 2.61. The summed E-state index contributed by atoms with van der Waals surface area (Å²) in [5.41, 5.74) is 1.92. The van der Waals surface area contributed by atoms with Gasteiger partial charge in [-0.1, -0.05) is 12.1 Å². The van der Waals surface area contributed by atoms with Gasteiger partial charge in [0.25, 0.3) is 0 Å². The maximum Gasteiger partial charge on any atom is 0.119 e. The summed E-state index contributed by atoms with van der Waals surface area (Å²) in [6.07, 6.45) is 3.70. The van der Waals surface area contributed by atoms with Crippen LogP contribution in [-0.2, 0) is 20.3 Å². The van der Waals surface area contributed by atoms with Gasteiger partial charge < -0.3 is 9.84 Å². The van der Waals surface area contributed by atoms with Gasteiger partial charge >= 0.3 is 0 Å². The lowest BCUT2D eigenvalue weighted by Gasteiger charge is -2.04. The molecule has 1 N–H and O–H groups in total. The molecule has 2 rings (SSSR count). The normalized spacial score (nSPS) is 10.4. The van der Waals surface area contributed by atoms with E-state index >= 15 is 0 Å². The first-order chi connectivity index (χ1) is 7.78. The minimum absolute atomic E-state index is 0.0584. The Morgan fingerprint density at radius 2 is 2.00 bits per heavy atom. The molecule has 4 heteroatoms. The van der Waals surface area contributed by atoms with Crippen molar-refractivity contribution in [3.63, 3.8) is 0 Å². The lowest BCUT2D eigenvalue weighted by atomic mass is 10.2. The lowest BCUT2D eigenvalue weighted by molar-refractivity contribution is 0.280. The van der Waals surface area contributed by atoms with Gasteiger partial charge in [-0.3, -0.25) is 4.68 Å². The number of rotatable bonds is 4. The molecule has 2 aromatic rings. The number of aromatic nitrogens is 2. The topological polar surface area (TPSA) is 47.3 Å². The predicted octanol–water partition coefficient (Wildman–Crippen LogP) is 1.49. The minimum Gasteiger partial charge on any atom is -0.489 e. The molecule has 0 fully saturated rings. The summed E-state index contributed by atoms with van der Waals surface area (Å²) >= 11 is 0. The second-order valence-corrected chi connectivity index (χ2v) is 3.61. The van der Waals surface area contributed by atoms with E-state index < -0.39 is 0 Å². The molecular formula is C12H14N2O2. The molecule has 0 spiro atoms. The molecule has 1 heterocycles. The maximum atomic E-state index is 8.89. The molecule has 0 bridgehead atoms. The van der Waals surface area contributed by atoms with Crippen LogP contribution >= 0.6 is 0 Å². The smallest absolute Gasteiger partial charge is 0.119 e. The summed E-state index contributed by atoms with van der Waals surface area (Å²) < 4.78 is 7.31. The second-order valence-electron chi connectivity index (χ2n) is 3.61. The van der Waals surface area contributed by atoms with Crippen LogP contribution in [0.1, 0.15) is 11.1 Å². The van der Waals surface area contributed by atoms with Crippen molar-refractivity contribution in [2.75, 3.05) is 0 Å². The highest BCUT2D eigenvalue weighted by Gasteiger charge is 1.98. The summed E-state index contributed by atoms with van der Waals surface area (Å²) in [6, 6.07) is 7.39. The number of hydrogen-bond acceptors (Lipinski definition) is 3. The van der Waals surface area contributed by atoms with Crippen molar-refractivity contribution in [2.45, 2.75) is 13.2 Å². The number of ether oxygens (including phenoxy) is 1. The van der Waals surface area contributed by atoms with E-state index in [1.807, 2.05) is 37.5 Å². The van der Waals surface area contributed by atoms with Crippen LogP contribution in [0.3, 0.4) is 0 Å². The third-order valence-corrected chi connectivity index (χ3v) is 2.27. The second kappa shape index (κ2) is 4.81. The summed E-state index contributed by atoms with van der Waals surface area (Å²) in [4.78, 5) is 0. The summed E-state index contributed by atoms with van der Waals surface area (Å²) in [7, 11) is 1.87. The van der Waals surface area contributed by atoms with Gasteiger partial charge in [0.15, 0.2) is 0 Å². The maximum absolute atomic E-state index is 8.89. The van der Waals surface area contributed by atoms with E-state index in [1.165, 1.54) is 0 Å². The third-order valence-electron chi connectivity index (χ3n) is 2.27. The Labute approximate surface area is 94.1 Å². The van der Waals surface area contributed by atoms with Gasteiger partial charge in [0.2, 0.25) is 0 Å². The van der Waals surface area contributed by atoms with Crippen LogP contribution in [-0.4, -0.2) is 14.9 Å². The Balaban J connectivity index is 1.94. The van der Waals surface area contributed by atoms with Gasteiger partial charge in [-0.15, -0.1) is 0 Å². The number of aryl methyl sites for hydroxylation is 1. The van der Waals surface area contributed by atoms with Gasteiger partial charge in [-0.2, -0.15) is 5.10 Å². The van der Waals surface area contributed by atoms with Gasteiger partial charge in [0, 0.05) is 18.8 Å². The molecular weight excluding hydrogens is 204 g/mol. The van der Waals surface area contributed by atoms with Crippen molar-refractivity contribution in [1.29, 1.82) is 0 Å². The molecule has 84 valence electrons. The van der Waals surface area contributed by atoms with Crippen molar-refractivity contribution >= 4 is 0 Å². The fourth-order valence-electron chi connectivity index (χ4n) is 1.40. The Kier molecular flexibility index (Phi) is 3.22. The van der Waals surface area contributed by atoms with Crippen LogP contribution in [0.4, 0.5) is 0 Å². The minimum atomic E-state index is 0.0584. The van der Waals surface area contributed by atoms with Gasteiger partial charge in [0.05, 0.1) is 12.8 Å². The Morgan fingerprint density at radius 1 is 1.25 bits per heavy atom. The zero-order valence-corrected chi connectivity index (χ0v) is 9.13. The zero-order chi connectivity index (χ0) is 11.4. The SMILES string of the molecule is Cn1cc(COc2ccc(CO)cc2)cn1. The molecule has 0 atom stereocenters. The molecule has 0 unspecified atom stereocenters. The first kappa shape index (κ1) is 10.7. The number of aliphatic hydroxyl groups is 1. The van der Waals surface area contributed by atoms with Crippen LogP contribution in [0, 0.1) is 0 Å². The van der Waals surface area contributed by atoms with E-state index in [0.717, 1.165) is 16.9 Å². The van der Waals surface area contributed by atoms with E-state index in [1.54, 1.807) is 10.9 Å². The Bertz CT molecular complexity index is 448. The van der Waals surface area contributed by atoms with Crippen molar-refractivity contribution in [3.05, 3.63) is 47.8 Å². The first-order valence-electron chi connectivity index (χ1n) is 5.08.